The molecule has 0 radical (unpaired) electrons. The van der Waals surface area contributed by atoms with Gasteiger partial charge in [0.05, 0.1) is 0 Å². The minimum atomic E-state index is -0.992. The van der Waals surface area contributed by atoms with Gasteiger partial charge in [0.15, 0.2) is 0 Å². The predicted molar refractivity (Wildman–Crippen MR) is 76.8 cm³/mol. The number of thioether (sulfide) groups is 1. The highest BCUT2D eigenvalue weighted by Gasteiger charge is 2.20. The Morgan fingerprint density at radius 2 is 2.11 bits per heavy atom. The topological polar surface area (TPSA) is 66.4 Å². The van der Waals surface area contributed by atoms with E-state index in [1.165, 1.54) is 0 Å². The molecule has 1 amide bonds. The Kier molecular flexibility index (Phi) is 5.89. The van der Waals surface area contributed by atoms with Crippen molar-refractivity contribution in [2.24, 2.45) is 0 Å². The Morgan fingerprint density at radius 3 is 2.63 bits per heavy atom. The number of aliphatic carboxylic acids is 1. The SMILES string of the molecule is CCC[C@H](NC(=O)c1cc(SC)ccc1C)C(=O)O. The molecule has 0 aromatic heterocycles. The smallest absolute Gasteiger partial charge is 0.326 e. The number of carboxylic acid groups (broad SMARTS) is 1. The molecule has 5 heteroatoms. The summed E-state index contributed by atoms with van der Waals surface area (Å²) in [5.74, 6) is -1.32. The Hall–Kier alpha value is -1.49. The molecule has 104 valence electrons. The van der Waals surface area contributed by atoms with Crippen LogP contribution in [0.25, 0.3) is 0 Å². The quantitative estimate of drug-likeness (QED) is 0.787. The normalized spacial score (nSPS) is 11.9. The molecule has 1 atom stereocenters. The third kappa shape index (κ3) is 4.28. The standard InChI is InChI=1S/C14H19NO3S/c1-4-5-12(14(17)18)15-13(16)11-8-10(19-3)7-6-9(11)2/h6-8,12H,4-5H2,1-3H3,(H,15,16)(H,17,18)/t12-/m0/s1. The van der Waals surface area contributed by atoms with Gasteiger partial charge in [0.2, 0.25) is 0 Å². The molecule has 0 spiro atoms. The van der Waals surface area contributed by atoms with Crippen molar-refractivity contribution in [2.45, 2.75) is 37.6 Å². The second-order valence-corrected chi connectivity index (χ2v) is 5.21. The van der Waals surface area contributed by atoms with Crippen LogP contribution in [0.4, 0.5) is 0 Å². The molecule has 0 saturated heterocycles. The second kappa shape index (κ2) is 7.19. The number of aryl methyl sites for hydroxylation is 1. The third-order valence-corrected chi connectivity index (χ3v) is 3.60. The summed E-state index contributed by atoms with van der Waals surface area (Å²) < 4.78 is 0. The lowest BCUT2D eigenvalue weighted by Crippen LogP contribution is -2.40. The molecular weight excluding hydrogens is 262 g/mol. The molecule has 0 fully saturated rings. The Labute approximate surface area is 117 Å². The van der Waals surface area contributed by atoms with Gasteiger partial charge in [-0.2, -0.15) is 0 Å². The molecule has 1 aromatic carbocycles. The van der Waals surface area contributed by atoms with Crippen molar-refractivity contribution < 1.29 is 14.7 Å². The van der Waals surface area contributed by atoms with Gasteiger partial charge in [-0.3, -0.25) is 4.79 Å². The molecule has 0 bridgehead atoms. The van der Waals surface area contributed by atoms with Crippen molar-refractivity contribution in [1.82, 2.24) is 5.32 Å². The molecule has 1 aromatic rings. The fourth-order valence-electron chi connectivity index (χ4n) is 1.75. The number of hydrogen-bond donors (Lipinski definition) is 2. The summed E-state index contributed by atoms with van der Waals surface area (Å²) in [4.78, 5) is 24.2. The number of rotatable bonds is 6. The van der Waals surface area contributed by atoms with Gasteiger partial charge < -0.3 is 10.4 Å². The van der Waals surface area contributed by atoms with Crippen LogP contribution < -0.4 is 5.32 Å². The van der Waals surface area contributed by atoms with Crippen LogP contribution in [-0.4, -0.2) is 29.3 Å². The molecule has 1 rings (SSSR count). The fraction of sp³-hybridized carbons (Fsp3) is 0.429. The van der Waals surface area contributed by atoms with Crippen molar-refractivity contribution >= 4 is 23.6 Å². The maximum atomic E-state index is 12.1. The summed E-state index contributed by atoms with van der Waals surface area (Å²) in [5.41, 5.74) is 1.38. The number of amides is 1. The molecule has 0 aliphatic carbocycles. The van der Waals surface area contributed by atoms with E-state index in [2.05, 4.69) is 5.32 Å². The molecule has 0 unspecified atom stereocenters. The monoisotopic (exact) mass is 281 g/mol. The first kappa shape index (κ1) is 15.6. The number of carbonyl (C=O) groups is 2. The maximum Gasteiger partial charge on any atom is 0.326 e. The van der Waals surface area contributed by atoms with Crippen LogP contribution >= 0.6 is 11.8 Å². The van der Waals surface area contributed by atoms with Crippen LogP contribution in [0.3, 0.4) is 0 Å². The van der Waals surface area contributed by atoms with Gasteiger partial charge in [0.1, 0.15) is 6.04 Å². The Bertz CT molecular complexity index is 474. The molecule has 0 aliphatic heterocycles. The van der Waals surface area contributed by atoms with Crippen molar-refractivity contribution in [3.8, 4) is 0 Å². The van der Waals surface area contributed by atoms with Gasteiger partial charge in [0, 0.05) is 10.5 Å². The highest BCUT2D eigenvalue weighted by molar-refractivity contribution is 7.98. The molecule has 0 aliphatic rings. The number of nitrogens with one attached hydrogen (secondary N) is 1. The van der Waals surface area contributed by atoms with Gasteiger partial charge in [-0.15, -0.1) is 11.8 Å². The van der Waals surface area contributed by atoms with Gasteiger partial charge in [-0.1, -0.05) is 19.4 Å². The Balaban J connectivity index is 2.90. The summed E-state index contributed by atoms with van der Waals surface area (Å²) in [7, 11) is 0. The number of hydrogen-bond acceptors (Lipinski definition) is 3. The first-order valence-corrected chi connectivity index (χ1v) is 7.40. The highest BCUT2D eigenvalue weighted by atomic mass is 32.2. The average Bonchev–Trinajstić information content (AvgIpc) is 2.38. The van der Waals surface area contributed by atoms with E-state index in [9.17, 15) is 9.59 Å². The van der Waals surface area contributed by atoms with Crippen LogP contribution in [0.15, 0.2) is 23.1 Å². The van der Waals surface area contributed by atoms with Crippen LogP contribution in [0.2, 0.25) is 0 Å². The molecule has 2 N–H and O–H groups in total. The van der Waals surface area contributed by atoms with Crippen LogP contribution in [0.1, 0.15) is 35.7 Å². The third-order valence-electron chi connectivity index (χ3n) is 2.87. The minimum absolute atomic E-state index is 0.325. The lowest BCUT2D eigenvalue weighted by atomic mass is 10.1. The summed E-state index contributed by atoms with van der Waals surface area (Å²) >= 11 is 1.55. The molecule has 4 nitrogen and oxygen atoms in total. The van der Waals surface area contributed by atoms with Crippen molar-refractivity contribution in [3.63, 3.8) is 0 Å². The summed E-state index contributed by atoms with van der Waals surface area (Å²) in [5, 5.41) is 11.6. The van der Waals surface area contributed by atoms with E-state index in [1.807, 2.05) is 32.2 Å². The largest absolute Gasteiger partial charge is 0.480 e. The maximum absolute atomic E-state index is 12.1. The number of carboxylic acids is 1. The van der Waals surface area contributed by atoms with E-state index in [0.29, 0.717) is 18.4 Å². The van der Waals surface area contributed by atoms with Gasteiger partial charge in [-0.05, 0) is 37.3 Å². The van der Waals surface area contributed by atoms with Gasteiger partial charge in [0.25, 0.3) is 5.91 Å². The van der Waals surface area contributed by atoms with E-state index < -0.39 is 12.0 Å². The predicted octanol–water partition coefficient (Wildman–Crippen LogP) is 2.70. The fourth-order valence-corrected chi connectivity index (χ4v) is 2.19. The minimum Gasteiger partial charge on any atom is -0.480 e. The summed E-state index contributed by atoms with van der Waals surface area (Å²) in [6.07, 6.45) is 3.08. The van der Waals surface area contributed by atoms with Crippen LogP contribution in [0, 0.1) is 6.92 Å². The van der Waals surface area contributed by atoms with E-state index in [0.717, 1.165) is 10.5 Å². The zero-order valence-corrected chi connectivity index (χ0v) is 12.2. The molecular formula is C14H19NO3S. The molecule has 0 heterocycles. The lowest BCUT2D eigenvalue weighted by molar-refractivity contribution is -0.139. The van der Waals surface area contributed by atoms with E-state index in [1.54, 1.807) is 17.8 Å². The second-order valence-electron chi connectivity index (χ2n) is 4.33. The molecule has 0 saturated carbocycles. The highest BCUT2D eigenvalue weighted by Crippen LogP contribution is 2.19. The zero-order chi connectivity index (χ0) is 14.4. The van der Waals surface area contributed by atoms with Crippen LogP contribution in [0.5, 0.6) is 0 Å². The van der Waals surface area contributed by atoms with Crippen LogP contribution in [-0.2, 0) is 4.79 Å². The van der Waals surface area contributed by atoms with E-state index in [-0.39, 0.29) is 5.91 Å². The lowest BCUT2D eigenvalue weighted by Gasteiger charge is -2.15. The summed E-state index contributed by atoms with van der Waals surface area (Å²) in [6, 6.07) is 4.78. The summed E-state index contributed by atoms with van der Waals surface area (Å²) in [6.45, 7) is 3.73. The van der Waals surface area contributed by atoms with Crippen molar-refractivity contribution in [3.05, 3.63) is 29.3 Å². The van der Waals surface area contributed by atoms with Gasteiger partial charge in [-0.25, -0.2) is 4.79 Å². The Morgan fingerprint density at radius 1 is 1.42 bits per heavy atom. The van der Waals surface area contributed by atoms with E-state index >= 15 is 0 Å². The first-order valence-electron chi connectivity index (χ1n) is 6.17. The number of benzene rings is 1. The van der Waals surface area contributed by atoms with Crippen molar-refractivity contribution in [2.75, 3.05) is 6.26 Å². The van der Waals surface area contributed by atoms with Crippen molar-refractivity contribution in [1.29, 1.82) is 0 Å². The molecule has 19 heavy (non-hydrogen) atoms. The first-order chi connectivity index (χ1) is 8.99. The van der Waals surface area contributed by atoms with Gasteiger partial charge >= 0.3 is 5.97 Å². The number of carbonyl (C=O) groups excluding carboxylic acids is 1. The van der Waals surface area contributed by atoms with E-state index in [4.69, 9.17) is 5.11 Å². The average molecular weight is 281 g/mol. The zero-order valence-electron chi connectivity index (χ0n) is 11.4.